The Morgan fingerprint density at radius 2 is 1.87 bits per heavy atom. The quantitative estimate of drug-likeness (QED) is 0.643. The summed E-state index contributed by atoms with van der Waals surface area (Å²) >= 11 is 0. The first-order chi connectivity index (χ1) is 14.4. The highest BCUT2D eigenvalue weighted by molar-refractivity contribution is 7.93. The van der Waals surface area contributed by atoms with E-state index in [0.717, 1.165) is 0 Å². The number of hydrogen-bond donors (Lipinski definition) is 2. The SMILES string of the molecule is CC(Nc1ncnc(N)c1C#N)C1=Cc2nccnc2S(=O)(=O)N1c1ccccc1. The molecule has 1 unspecified atom stereocenters. The van der Waals surface area contributed by atoms with Crippen LogP contribution in [-0.2, 0) is 10.0 Å². The molecule has 3 N–H and O–H groups in total. The Kier molecular flexibility index (Phi) is 4.77. The average Bonchev–Trinajstić information content (AvgIpc) is 2.74. The van der Waals surface area contributed by atoms with Crippen LogP contribution in [0.3, 0.4) is 0 Å². The highest BCUT2D eigenvalue weighted by Crippen LogP contribution is 2.35. The van der Waals surface area contributed by atoms with Crippen LogP contribution in [0.2, 0.25) is 0 Å². The number of aromatic nitrogens is 4. The number of hydrogen-bond acceptors (Lipinski definition) is 9. The third-order valence-corrected chi connectivity index (χ3v) is 6.18. The minimum atomic E-state index is -4.02. The lowest BCUT2D eigenvalue weighted by molar-refractivity contribution is 0.587. The summed E-state index contributed by atoms with van der Waals surface area (Å²) in [5, 5.41) is 12.3. The molecule has 1 atom stereocenters. The van der Waals surface area contributed by atoms with Crippen molar-refractivity contribution in [3.63, 3.8) is 0 Å². The summed E-state index contributed by atoms with van der Waals surface area (Å²) in [4.78, 5) is 16.1. The van der Waals surface area contributed by atoms with E-state index in [2.05, 4.69) is 25.3 Å². The van der Waals surface area contributed by atoms with Gasteiger partial charge in [-0.1, -0.05) is 18.2 Å². The van der Waals surface area contributed by atoms with Gasteiger partial charge in [-0.3, -0.25) is 4.98 Å². The van der Waals surface area contributed by atoms with E-state index in [0.29, 0.717) is 11.4 Å². The smallest absolute Gasteiger partial charge is 0.288 e. The van der Waals surface area contributed by atoms with Crippen LogP contribution in [0.1, 0.15) is 18.2 Å². The molecule has 11 heteroatoms. The minimum Gasteiger partial charge on any atom is -0.382 e. The first-order valence-electron chi connectivity index (χ1n) is 8.83. The predicted molar refractivity (Wildman–Crippen MR) is 110 cm³/mol. The van der Waals surface area contributed by atoms with Crippen molar-refractivity contribution in [2.75, 3.05) is 15.4 Å². The van der Waals surface area contributed by atoms with Gasteiger partial charge in [-0.05, 0) is 25.1 Å². The molecule has 0 saturated heterocycles. The lowest BCUT2D eigenvalue weighted by Gasteiger charge is -2.33. The number of nitrogens with two attached hydrogens (primary N) is 1. The maximum atomic E-state index is 13.4. The van der Waals surface area contributed by atoms with Gasteiger partial charge in [-0.2, -0.15) is 13.7 Å². The summed E-state index contributed by atoms with van der Waals surface area (Å²) in [6, 6.07) is 10.0. The number of nitrogens with one attached hydrogen (secondary N) is 1. The molecule has 4 rings (SSSR count). The third-order valence-electron chi connectivity index (χ3n) is 4.47. The van der Waals surface area contributed by atoms with Gasteiger partial charge in [0.1, 0.15) is 35.3 Å². The zero-order chi connectivity index (χ0) is 21.3. The highest BCUT2D eigenvalue weighted by Gasteiger charge is 2.38. The predicted octanol–water partition coefficient (Wildman–Crippen LogP) is 1.77. The molecule has 0 fully saturated rings. The van der Waals surface area contributed by atoms with Gasteiger partial charge in [0, 0.05) is 12.4 Å². The van der Waals surface area contributed by atoms with Gasteiger partial charge in [-0.15, -0.1) is 0 Å². The van der Waals surface area contributed by atoms with Crippen LogP contribution < -0.4 is 15.4 Å². The van der Waals surface area contributed by atoms with Crippen molar-refractivity contribution < 1.29 is 8.42 Å². The van der Waals surface area contributed by atoms with Crippen molar-refractivity contribution in [3.8, 4) is 6.07 Å². The second kappa shape index (κ2) is 7.41. The van der Waals surface area contributed by atoms with Gasteiger partial charge in [0.05, 0.1) is 17.4 Å². The fraction of sp³-hybridized carbons (Fsp3) is 0.105. The third kappa shape index (κ3) is 3.19. The van der Waals surface area contributed by atoms with Crippen LogP contribution >= 0.6 is 0 Å². The lowest BCUT2D eigenvalue weighted by atomic mass is 10.1. The Hall–Kier alpha value is -4.04. The zero-order valence-electron chi connectivity index (χ0n) is 15.8. The number of anilines is 3. The molecule has 0 radical (unpaired) electrons. The molecule has 0 spiro atoms. The number of rotatable bonds is 4. The van der Waals surface area contributed by atoms with Gasteiger partial charge in [0.15, 0.2) is 0 Å². The van der Waals surface area contributed by atoms with Gasteiger partial charge >= 0.3 is 0 Å². The maximum absolute atomic E-state index is 13.4. The van der Waals surface area contributed by atoms with E-state index in [1.54, 1.807) is 43.3 Å². The second-order valence-corrected chi connectivity index (χ2v) is 8.08. The fourth-order valence-corrected chi connectivity index (χ4v) is 4.74. The number of nitrogens with zero attached hydrogens (tertiary/aromatic N) is 6. The first kappa shape index (κ1) is 19.3. The monoisotopic (exact) mass is 420 g/mol. The molecule has 3 aromatic rings. The molecule has 1 aromatic carbocycles. The molecular formula is C19H16N8O2S. The maximum Gasteiger partial charge on any atom is 0.288 e. The molecule has 30 heavy (non-hydrogen) atoms. The zero-order valence-corrected chi connectivity index (χ0v) is 16.6. The van der Waals surface area contributed by atoms with Gasteiger partial charge in [0.2, 0.25) is 5.03 Å². The van der Waals surface area contributed by atoms with Crippen molar-refractivity contribution in [1.82, 2.24) is 19.9 Å². The van der Waals surface area contributed by atoms with E-state index in [1.165, 1.54) is 23.0 Å². The van der Waals surface area contributed by atoms with E-state index in [9.17, 15) is 13.7 Å². The molecule has 0 aliphatic carbocycles. The topological polar surface area (TPSA) is 151 Å². The lowest BCUT2D eigenvalue weighted by Crippen LogP contribution is -2.40. The van der Waals surface area contributed by atoms with Crippen molar-refractivity contribution in [3.05, 3.63) is 66.0 Å². The van der Waals surface area contributed by atoms with Crippen molar-refractivity contribution in [1.29, 1.82) is 5.26 Å². The Balaban J connectivity index is 1.85. The fourth-order valence-electron chi connectivity index (χ4n) is 3.11. The molecule has 1 aliphatic heterocycles. The van der Waals surface area contributed by atoms with Gasteiger partial charge in [-0.25, -0.2) is 19.3 Å². The molecule has 0 saturated carbocycles. The number of nitriles is 1. The Bertz CT molecular complexity index is 1290. The van der Waals surface area contributed by atoms with Gasteiger partial charge in [0.25, 0.3) is 10.0 Å². The van der Waals surface area contributed by atoms with Gasteiger partial charge < -0.3 is 11.1 Å². The molecule has 0 bridgehead atoms. The van der Waals surface area contributed by atoms with Crippen LogP contribution in [-0.4, -0.2) is 34.4 Å². The van der Waals surface area contributed by atoms with E-state index in [1.807, 2.05) is 6.07 Å². The summed E-state index contributed by atoms with van der Waals surface area (Å²) < 4.78 is 28.0. The van der Waals surface area contributed by atoms with Crippen LogP contribution in [0, 0.1) is 11.3 Å². The van der Waals surface area contributed by atoms with Crippen molar-refractivity contribution in [2.24, 2.45) is 0 Å². The summed E-state index contributed by atoms with van der Waals surface area (Å²) in [7, 11) is -4.02. The largest absolute Gasteiger partial charge is 0.382 e. The Morgan fingerprint density at radius 1 is 1.13 bits per heavy atom. The highest BCUT2D eigenvalue weighted by atomic mass is 32.2. The van der Waals surface area contributed by atoms with E-state index < -0.39 is 16.1 Å². The van der Waals surface area contributed by atoms with E-state index >= 15 is 0 Å². The van der Waals surface area contributed by atoms with E-state index in [-0.39, 0.29) is 27.9 Å². The summed E-state index contributed by atoms with van der Waals surface area (Å²) in [6.45, 7) is 1.75. The van der Waals surface area contributed by atoms with Crippen molar-refractivity contribution in [2.45, 2.75) is 18.0 Å². The standard InChI is InChI=1S/C19H16N8O2S/c1-12(26-18-14(10-20)17(21)24-11-25-18)16-9-15-19(23-8-7-22-15)30(28,29)27(16)13-5-3-2-4-6-13/h2-9,11-12H,1H3,(H3,21,24,25,26). The van der Waals surface area contributed by atoms with Crippen molar-refractivity contribution >= 4 is 33.4 Å². The molecule has 1 aliphatic rings. The second-order valence-electron chi connectivity index (χ2n) is 6.38. The first-order valence-corrected chi connectivity index (χ1v) is 10.3. The molecule has 2 aromatic heterocycles. The van der Waals surface area contributed by atoms with E-state index in [4.69, 9.17) is 5.73 Å². The number of sulfonamides is 1. The average molecular weight is 420 g/mol. The van der Waals surface area contributed by atoms with Crippen LogP contribution in [0.15, 0.2) is 59.8 Å². The molecule has 150 valence electrons. The minimum absolute atomic E-state index is 0.0311. The Morgan fingerprint density at radius 3 is 2.60 bits per heavy atom. The number of fused-ring (bicyclic) bond motifs is 1. The Labute approximate surface area is 172 Å². The number of para-hydroxylation sites is 1. The van der Waals surface area contributed by atoms with Crippen LogP contribution in [0.4, 0.5) is 17.3 Å². The molecule has 3 heterocycles. The number of nitrogen functional groups attached to an aromatic ring is 1. The summed E-state index contributed by atoms with van der Waals surface area (Å²) in [5.74, 6) is 0.234. The molecule has 10 nitrogen and oxygen atoms in total. The summed E-state index contributed by atoms with van der Waals surface area (Å²) in [6.07, 6.45) is 5.64. The molecule has 0 amide bonds. The number of benzene rings is 1. The molecular weight excluding hydrogens is 404 g/mol. The van der Waals surface area contributed by atoms with Crippen LogP contribution in [0.5, 0.6) is 0 Å². The van der Waals surface area contributed by atoms with Crippen LogP contribution in [0.25, 0.3) is 6.08 Å². The normalized spacial score (nSPS) is 15.5. The summed E-state index contributed by atoms with van der Waals surface area (Å²) in [5.41, 5.74) is 6.89.